The summed E-state index contributed by atoms with van der Waals surface area (Å²) in [5.41, 5.74) is 1.91. The van der Waals surface area contributed by atoms with Crippen molar-refractivity contribution in [1.29, 1.82) is 0 Å². The number of hydrogen-bond acceptors (Lipinski definition) is 5. The van der Waals surface area contributed by atoms with Crippen molar-refractivity contribution in [2.75, 3.05) is 6.61 Å². The Morgan fingerprint density at radius 1 is 1.58 bits per heavy atom. The lowest BCUT2D eigenvalue weighted by molar-refractivity contribution is -0.145. The van der Waals surface area contributed by atoms with Gasteiger partial charge in [0.15, 0.2) is 0 Å². The number of nitrogens with zero attached hydrogens (tertiary/aromatic N) is 2. The van der Waals surface area contributed by atoms with E-state index in [4.69, 9.17) is 4.74 Å². The number of ether oxygens (including phenoxy) is 1. The van der Waals surface area contributed by atoms with Crippen LogP contribution in [0.1, 0.15) is 29.8 Å². The van der Waals surface area contributed by atoms with Gasteiger partial charge in [-0.2, -0.15) is 0 Å². The largest absolute Gasteiger partial charge is 0.465 e. The number of carbonyl (C=O) groups is 1. The van der Waals surface area contributed by atoms with Crippen molar-refractivity contribution in [3.8, 4) is 10.6 Å². The zero-order valence-electron chi connectivity index (χ0n) is 10.6. The van der Waals surface area contributed by atoms with Crippen LogP contribution in [0.25, 0.3) is 10.6 Å². The van der Waals surface area contributed by atoms with E-state index in [0.717, 1.165) is 29.1 Å². The van der Waals surface area contributed by atoms with E-state index < -0.39 is 0 Å². The average Bonchev–Trinajstić information content (AvgIpc) is 2.99. The molecule has 5 heteroatoms. The van der Waals surface area contributed by atoms with Gasteiger partial charge in [0.1, 0.15) is 10.9 Å². The number of carbonyl (C=O) groups excluding carboxylic acids is 1. The van der Waals surface area contributed by atoms with Gasteiger partial charge in [-0.3, -0.25) is 9.78 Å². The van der Waals surface area contributed by atoms with E-state index in [2.05, 4.69) is 9.97 Å². The Kier molecular flexibility index (Phi) is 3.29. The molecule has 0 N–H and O–H groups in total. The molecule has 0 aliphatic heterocycles. The van der Waals surface area contributed by atoms with Crippen LogP contribution in [-0.2, 0) is 16.0 Å². The van der Waals surface area contributed by atoms with E-state index in [9.17, 15) is 4.79 Å². The molecule has 1 aliphatic carbocycles. The monoisotopic (exact) mass is 274 g/mol. The Bertz CT molecular complexity index is 595. The van der Waals surface area contributed by atoms with Gasteiger partial charge < -0.3 is 4.74 Å². The van der Waals surface area contributed by atoms with E-state index >= 15 is 0 Å². The number of thiazole rings is 1. The molecular weight excluding hydrogens is 260 g/mol. The molecule has 2 aromatic heterocycles. The van der Waals surface area contributed by atoms with Crippen molar-refractivity contribution in [2.24, 2.45) is 0 Å². The van der Waals surface area contributed by atoms with Crippen molar-refractivity contribution >= 4 is 17.3 Å². The van der Waals surface area contributed by atoms with Crippen LogP contribution < -0.4 is 0 Å². The zero-order chi connectivity index (χ0) is 13.2. The summed E-state index contributed by atoms with van der Waals surface area (Å²) in [6.45, 7) is 2.25. The van der Waals surface area contributed by atoms with Crippen LogP contribution in [0.3, 0.4) is 0 Å². The number of rotatable bonds is 3. The summed E-state index contributed by atoms with van der Waals surface area (Å²) in [5.74, 6) is -0.332. The molecule has 0 spiro atoms. The van der Waals surface area contributed by atoms with Gasteiger partial charge in [-0.1, -0.05) is 0 Å². The van der Waals surface area contributed by atoms with Crippen LogP contribution in [0.5, 0.6) is 0 Å². The molecule has 0 saturated carbocycles. The van der Waals surface area contributed by atoms with Crippen LogP contribution >= 0.6 is 11.3 Å². The van der Waals surface area contributed by atoms with Gasteiger partial charge in [0.25, 0.3) is 0 Å². The highest BCUT2D eigenvalue weighted by molar-refractivity contribution is 7.15. The number of fused-ring (bicyclic) bond motifs is 1. The molecule has 0 saturated heterocycles. The molecule has 0 aromatic carbocycles. The van der Waals surface area contributed by atoms with E-state index in [0.29, 0.717) is 6.61 Å². The summed E-state index contributed by atoms with van der Waals surface area (Å²) >= 11 is 1.66. The van der Waals surface area contributed by atoms with E-state index in [1.54, 1.807) is 23.7 Å². The topological polar surface area (TPSA) is 52.1 Å². The highest BCUT2D eigenvalue weighted by Crippen LogP contribution is 2.40. The molecule has 1 unspecified atom stereocenters. The number of esters is 1. The molecule has 0 bridgehead atoms. The predicted octanol–water partition coefficient (Wildman–Crippen LogP) is 2.80. The molecule has 19 heavy (non-hydrogen) atoms. The van der Waals surface area contributed by atoms with Crippen LogP contribution in [0.2, 0.25) is 0 Å². The minimum atomic E-state index is -0.184. The Labute approximate surface area is 115 Å². The molecule has 4 nitrogen and oxygen atoms in total. The Hall–Kier alpha value is -1.75. The lowest BCUT2D eigenvalue weighted by Crippen LogP contribution is -2.14. The van der Waals surface area contributed by atoms with Crippen molar-refractivity contribution in [3.05, 3.63) is 35.1 Å². The molecule has 2 heterocycles. The fraction of sp³-hybridized carbons (Fsp3) is 0.357. The molecule has 1 aliphatic rings. The van der Waals surface area contributed by atoms with E-state index in [1.165, 1.54) is 4.88 Å². The number of aryl methyl sites for hydroxylation is 1. The first-order valence-corrected chi connectivity index (χ1v) is 7.18. The van der Waals surface area contributed by atoms with Gasteiger partial charge in [0.2, 0.25) is 0 Å². The summed E-state index contributed by atoms with van der Waals surface area (Å²) < 4.78 is 5.11. The minimum absolute atomic E-state index is 0.149. The Morgan fingerprint density at radius 3 is 3.21 bits per heavy atom. The number of hydrogen-bond donors (Lipinski definition) is 0. The average molecular weight is 274 g/mol. The minimum Gasteiger partial charge on any atom is -0.465 e. The van der Waals surface area contributed by atoms with Crippen LogP contribution in [-0.4, -0.2) is 22.5 Å². The normalized spacial score (nSPS) is 17.2. The van der Waals surface area contributed by atoms with Crippen molar-refractivity contribution in [3.63, 3.8) is 0 Å². The van der Waals surface area contributed by atoms with Crippen LogP contribution in [0.4, 0.5) is 0 Å². The first-order chi connectivity index (χ1) is 9.29. The second-order valence-corrected chi connectivity index (χ2v) is 5.50. The van der Waals surface area contributed by atoms with E-state index in [-0.39, 0.29) is 11.9 Å². The molecule has 0 amide bonds. The van der Waals surface area contributed by atoms with Crippen LogP contribution in [0.15, 0.2) is 24.5 Å². The summed E-state index contributed by atoms with van der Waals surface area (Å²) in [4.78, 5) is 21.8. The number of aromatic nitrogens is 2. The molecule has 2 aromatic rings. The number of pyridine rings is 1. The van der Waals surface area contributed by atoms with Gasteiger partial charge in [-0.05, 0) is 31.9 Å². The van der Waals surface area contributed by atoms with Gasteiger partial charge >= 0.3 is 5.97 Å². The lowest BCUT2D eigenvalue weighted by Gasteiger charge is -2.07. The highest BCUT2D eigenvalue weighted by Gasteiger charge is 2.33. The third kappa shape index (κ3) is 2.26. The third-order valence-electron chi connectivity index (χ3n) is 3.20. The molecule has 3 rings (SSSR count). The highest BCUT2D eigenvalue weighted by atomic mass is 32.1. The smallest absolute Gasteiger partial charge is 0.315 e. The Morgan fingerprint density at radius 2 is 2.47 bits per heavy atom. The molecular formula is C14H14N2O2S. The summed E-state index contributed by atoms with van der Waals surface area (Å²) in [5, 5.41) is 0.937. The Balaban J connectivity index is 1.91. The SMILES string of the molecule is CCOC(=O)C1CCc2sc(-c3cccnc3)nc21. The maximum Gasteiger partial charge on any atom is 0.315 e. The standard InChI is InChI=1S/C14H14N2O2S/c1-2-18-14(17)10-5-6-11-12(10)16-13(19-11)9-4-3-7-15-8-9/h3-4,7-8,10H,2,5-6H2,1H3. The van der Waals surface area contributed by atoms with Gasteiger partial charge in [0.05, 0.1) is 12.3 Å². The molecule has 0 fully saturated rings. The maximum absolute atomic E-state index is 11.9. The first kappa shape index (κ1) is 12.3. The predicted molar refractivity (Wildman–Crippen MR) is 73.0 cm³/mol. The van der Waals surface area contributed by atoms with Gasteiger partial charge in [-0.15, -0.1) is 11.3 Å². The molecule has 0 radical (unpaired) electrons. The van der Waals surface area contributed by atoms with E-state index in [1.807, 2.05) is 19.1 Å². The van der Waals surface area contributed by atoms with Gasteiger partial charge in [0, 0.05) is 22.8 Å². The molecule has 1 atom stereocenters. The van der Waals surface area contributed by atoms with Crippen molar-refractivity contribution < 1.29 is 9.53 Å². The summed E-state index contributed by atoms with van der Waals surface area (Å²) in [6, 6.07) is 3.88. The maximum atomic E-state index is 11.9. The third-order valence-corrected chi connectivity index (χ3v) is 4.38. The van der Waals surface area contributed by atoms with Crippen LogP contribution in [0, 0.1) is 0 Å². The second-order valence-electron chi connectivity index (χ2n) is 4.41. The molecule has 98 valence electrons. The summed E-state index contributed by atoms with van der Waals surface area (Å²) in [7, 11) is 0. The van der Waals surface area contributed by atoms with Crippen molar-refractivity contribution in [2.45, 2.75) is 25.7 Å². The zero-order valence-corrected chi connectivity index (χ0v) is 11.4. The van der Waals surface area contributed by atoms with Gasteiger partial charge in [-0.25, -0.2) is 4.98 Å². The quantitative estimate of drug-likeness (QED) is 0.808. The fourth-order valence-corrected chi connectivity index (χ4v) is 3.44. The lowest BCUT2D eigenvalue weighted by atomic mass is 10.1. The fourth-order valence-electron chi connectivity index (χ4n) is 2.31. The first-order valence-electron chi connectivity index (χ1n) is 6.36. The summed E-state index contributed by atoms with van der Waals surface area (Å²) in [6.07, 6.45) is 5.27. The second kappa shape index (κ2) is 5.09. The van der Waals surface area contributed by atoms with Crippen molar-refractivity contribution in [1.82, 2.24) is 9.97 Å².